The standard InChI is InChI=1S/C39H24N4OS/c1-2-11-25(12-3-1)37-40-38(42-39(41-37)30-15-10-14-29-28-13-4-9-20-35(28)45-36(29)30)26-21-23-27(24-22-26)43-31-16-5-7-18-33(31)44-34-19-8-6-17-32(34)43/h1-24H. The van der Waals surface area contributed by atoms with Crippen LogP contribution in [-0.4, -0.2) is 15.0 Å². The van der Waals surface area contributed by atoms with Crippen molar-refractivity contribution in [3.05, 3.63) is 146 Å². The first-order valence-corrected chi connectivity index (χ1v) is 15.6. The van der Waals surface area contributed by atoms with Gasteiger partial charge in [-0.05, 0) is 60.7 Å². The van der Waals surface area contributed by atoms with Crippen molar-refractivity contribution in [1.82, 2.24) is 15.0 Å². The quantitative estimate of drug-likeness (QED) is 0.202. The van der Waals surface area contributed by atoms with Gasteiger partial charge < -0.3 is 9.64 Å². The van der Waals surface area contributed by atoms with Gasteiger partial charge in [0.15, 0.2) is 29.0 Å². The van der Waals surface area contributed by atoms with E-state index >= 15 is 0 Å². The van der Waals surface area contributed by atoms with Crippen LogP contribution in [0.4, 0.5) is 17.1 Å². The van der Waals surface area contributed by atoms with E-state index in [0.29, 0.717) is 17.5 Å². The molecular weight excluding hydrogens is 573 g/mol. The van der Waals surface area contributed by atoms with E-state index in [1.165, 1.54) is 20.2 Å². The number of anilines is 3. The molecule has 0 fully saturated rings. The highest BCUT2D eigenvalue weighted by Gasteiger charge is 2.25. The minimum absolute atomic E-state index is 0.631. The second kappa shape index (κ2) is 10.4. The third kappa shape index (κ3) is 4.34. The summed E-state index contributed by atoms with van der Waals surface area (Å²) < 4.78 is 8.64. The number of nitrogens with zero attached hydrogens (tertiary/aromatic N) is 4. The lowest BCUT2D eigenvalue weighted by Crippen LogP contribution is -2.15. The zero-order valence-corrected chi connectivity index (χ0v) is 24.8. The normalized spacial score (nSPS) is 12.1. The van der Waals surface area contributed by atoms with Gasteiger partial charge in [0.05, 0.1) is 11.4 Å². The number of benzene rings is 6. The molecule has 6 heteroatoms. The molecule has 0 atom stereocenters. The predicted molar refractivity (Wildman–Crippen MR) is 184 cm³/mol. The number of hydrogen-bond acceptors (Lipinski definition) is 6. The van der Waals surface area contributed by atoms with Gasteiger partial charge in [-0.3, -0.25) is 0 Å². The van der Waals surface area contributed by atoms with E-state index in [9.17, 15) is 0 Å². The minimum atomic E-state index is 0.631. The summed E-state index contributed by atoms with van der Waals surface area (Å²) in [6.45, 7) is 0. The average Bonchev–Trinajstić information content (AvgIpc) is 3.50. The highest BCUT2D eigenvalue weighted by atomic mass is 32.1. The zero-order valence-electron chi connectivity index (χ0n) is 24.0. The maximum Gasteiger partial charge on any atom is 0.165 e. The highest BCUT2D eigenvalue weighted by molar-refractivity contribution is 7.26. The Kier molecular flexibility index (Phi) is 5.92. The molecule has 45 heavy (non-hydrogen) atoms. The van der Waals surface area contributed by atoms with E-state index < -0.39 is 0 Å². The van der Waals surface area contributed by atoms with Gasteiger partial charge in [-0.25, -0.2) is 15.0 Å². The summed E-state index contributed by atoms with van der Waals surface area (Å²) in [6, 6.07) is 49.7. The molecule has 0 saturated heterocycles. The Morgan fingerprint density at radius 3 is 1.78 bits per heavy atom. The summed E-state index contributed by atoms with van der Waals surface area (Å²) in [4.78, 5) is 17.3. The molecule has 5 nitrogen and oxygen atoms in total. The Balaban J connectivity index is 1.19. The van der Waals surface area contributed by atoms with E-state index in [4.69, 9.17) is 19.7 Å². The molecule has 0 unspecified atom stereocenters. The van der Waals surface area contributed by atoms with Gasteiger partial charge in [0.25, 0.3) is 0 Å². The minimum Gasteiger partial charge on any atom is -0.453 e. The van der Waals surface area contributed by atoms with Crippen LogP contribution in [0.3, 0.4) is 0 Å². The molecule has 0 bridgehead atoms. The summed E-state index contributed by atoms with van der Waals surface area (Å²) in [5.41, 5.74) is 5.88. The number of fused-ring (bicyclic) bond motifs is 5. The Morgan fingerprint density at radius 1 is 0.467 bits per heavy atom. The molecule has 6 aromatic carbocycles. The number of thiophene rings is 1. The lowest BCUT2D eigenvalue weighted by molar-refractivity contribution is 0.477. The largest absolute Gasteiger partial charge is 0.453 e. The van der Waals surface area contributed by atoms with Crippen LogP contribution < -0.4 is 9.64 Å². The van der Waals surface area contributed by atoms with Crippen LogP contribution in [-0.2, 0) is 0 Å². The average molecular weight is 597 g/mol. The van der Waals surface area contributed by atoms with Crippen LogP contribution in [0.25, 0.3) is 54.3 Å². The fraction of sp³-hybridized carbons (Fsp3) is 0. The third-order valence-corrected chi connectivity index (χ3v) is 9.35. The van der Waals surface area contributed by atoms with Crippen molar-refractivity contribution in [1.29, 1.82) is 0 Å². The molecule has 8 aromatic rings. The smallest absolute Gasteiger partial charge is 0.165 e. The van der Waals surface area contributed by atoms with Crippen LogP contribution in [0, 0.1) is 0 Å². The van der Waals surface area contributed by atoms with Crippen molar-refractivity contribution < 1.29 is 4.74 Å². The number of aromatic nitrogens is 3. The molecule has 3 heterocycles. The second-order valence-corrected chi connectivity index (χ2v) is 11.9. The van der Waals surface area contributed by atoms with Gasteiger partial charge in [-0.1, -0.05) is 84.9 Å². The van der Waals surface area contributed by atoms with Crippen LogP contribution >= 0.6 is 11.3 Å². The first-order valence-electron chi connectivity index (χ1n) is 14.8. The van der Waals surface area contributed by atoms with Crippen LogP contribution in [0.15, 0.2) is 146 Å². The van der Waals surface area contributed by atoms with E-state index in [1.807, 2.05) is 66.7 Å². The number of rotatable bonds is 4. The SMILES string of the molecule is c1ccc(-c2nc(-c3ccc(N4c5ccccc5Oc5ccccc54)cc3)nc(-c3cccc4c3sc3ccccc34)n2)cc1. The summed E-state index contributed by atoms with van der Waals surface area (Å²) in [5, 5.41) is 2.46. The molecule has 1 aliphatic rings. The Morgan fingerprint density at radius 2 is 1.04 bits per heavy atom. The van der Waals surface area contributed by atoms with E-state index in [1.54, 1.807) is 11.3 Å². The van der Waals surface area contributed by atoms with E-state index in [-0.39, 0.29) is 0 Å². The molecule has 9 rings (SSSR count). The van der Waals surface area contributed by atoms with Crippen molar-refractivity contribution in [2.75, 3.05) is 4.90 Å². The molecule has 0 saturated carbocycles. The Bertz CT molecular complexity index is 2320. The van der Waals surface area contributed by atoms with E-state index in [2.05, 4.69) is 83.8 Å². The summed E-state index contributed by atoms with van der Waals surface area (Å²) >= 11 is 1.78. The highest BCUT2D eigenvalue weighted by Crippen LogP contribution is 2.50. The lowest BCUT2D eigenvalue weighted by Gasteiger charge is -2.32. The predicted octanol–water partition coefficient (Wildman–Crippen LogP) is 10.8. The van der Waals surface area contributed by atoms with Gasteiger partial charge >= 0.3 is 0 Å². The van der Waals surface area contributed by atoms with Crippen molar-refractivity contribution in [3.63, 3.8) is 0 Å². The zero-order chi connectivity index (χ0) is 29.7. The maximum atomic E-state index is 6.21. The summed E-state index contributed by atoms with van der Waals surface area (Å²) in [6.07, 6.45) is 0. The van der Waals surface area contributed by atoms with Gasteiger partial charge in [0, 0.05) is 42.6 Å². The van der Waals surface area contributed by atoms with Crippen molar-refractivity contribution in [3.8, 4) is 45.7 Å². The molecule has 212 valence electrons. The lowest BCUT2D eigenvalue weighted by atomic mass is 10.1. The molecule has 0 spiro atoms. The number of hydrogen-bond donors (Lipinski definition) is 0. The van der Waals surface area contributed by atoms with Crippen LogP contribution in [0.2, 0.25) is 0 Å². The molecule has 0 amide bonds. The van der Waals surface area contributed by atoms with Crippen molar-refractivity contribution >= 4 is 48.6 Å². The molecule has 0 N–H and O–H groups in total. The van der Waals surface area contributed by atoms with Crippen LogP contribution in [0.5, 0.6) is 11.5 Å². The van der Waals surface area contributed by atoms with E-state index in [0.717, 1.165) is 45.3 Å². The number of para-hydroxylation sites is 4. The van der Waals surface area contributed by atoms with Gasteiger partial charge in [0.2, 0.25) is 0 Å². The third-order valence-electron chi connectivity index (χ3n) is 8.13. The summed E-state index contributed by atoms with van der Waals surface area (Å²) in [5.74, 6) is 3.59. The fourth-order valence-corrected chi connectivity index (χ4v) is 7.22. The fourth-order valence-electron chi connectivity index (χ4n) is 6.01. The van der Waals surface area contributed by atoms with Crippen molar-refractivity contribution in [2.24, 2.45) is 0 Å². The maximum absolute atomic E-state index is 6.21. The first kappa shape index (κ1) is 25.6. The second-order valence-electron chi connectivity index (χ2n) is 10.9. The van der Waals surface area contributed by atoms with Gasteiger partial charge in [0.1, 0.15) is 0 Å². The Labute approximate surface area is 263 Å². The van der Waals surface area contributed by atoms with Gasteiger partial charge in [-0.15, -0.1) is 11.3 Å². The molecule has 0 radical (unpaired) electrons. The first-order chi connectivity index (χ1) is 22.3. The molecule has 0 aliphatic carbocycles. The number of ether oxygens (including phenoxy) is 1. The Hall–Kier alpha value is -5.85. The summed E-state index contributed by atoms with van der Waals surface area (Å²) in [7, 11) is 0. The van der Waals surface area contributed by atoms with Gasteiger partial charge in [-0.2, -0.15) is 0 Å². The van der Waals surface area contributed by atoms with Crippen molar-refractivity contribution in [2.45, 2.75) is 0 Å². The topological polar surface area (TPSA) is 51.1 Å². The van der Waals surface area contributed by atoms with Crippen LogP contribution in [0.1, 0.15) is 0 Å². The molecule has 1 aliphatic heterocycles. The molecular formula is C39H24N4OS. The molecule has 2 aromatic heterocycles. The monoisotopic (exact) mass is 596 g/mol.